The predicted molar refractivity (Wildman–Crippen MR) is 166 cm³/mol. The summed E-state index contributed by atoms with van der Waals surface area (Å²) in [4.78, 5) is 23.9. The fraction of sp³-hybridized carbons (Fsp3) is 0.933. The molecule has 1 fully saturated rings. The van der Waals surface area contributed by atoms with E-state index < -0.39 is 0 Å². The van der Waals surface area contributed by atoms with Crippen LogP contribution in [0.5, 0.6) is 0 Å². The quantitative estimate of drug-likeness (QED) is 0.157. The van der Waals surface area contributed by atoms with Crippen LogP contribution in [0, 0.1) is 23.2 Å². The van der Waals surface area contributed by atoms with Gasteiger partial charge in [0, 0.05) is 31.3 Å². The molecule has 2 amide bonds. The third-order valence-corrected chi connectivity index (χ3v) is 9.96. The number of rotatable bonds is 15. The molecular weight excluding hydrogens is 497 g/mol. The molecule has 7 heteroatoms. The van der Waals surface area contributed by atoms with Gasteiger partial charge in [0.2, 0.25) is 11.8 Å². The predicted octanol–water partition coefficient (Wildman–Crippen LogP) is 6.59. The van der Waals surface area contributed by atoms with Crippen LogP contribution in [0.4, 0.5) is 0 Å². The minimum Gasteiger partial charge on any atom is -0.355 e. The van der Waals surface area contributed by atoms with Gasteiger partial charge >= 0.3 is 0 Å². The van der Waals surface area contributed by atoms with E-state index in [1.54, 1.807) is 11.8 Å². The SMILES string of the molecule is CPCCC1CCCCCCCC(C)(CCCCNC(=O)CSCCNC(=O)C(C)CN)CC(C)CC1. The molecule has 0 spiro atoms. The Morgan fingerprint density at radius 3 is 2.57 bits per heavy atom. The molecule has 0 radical (unpaired) electrons. The molecule has 0 aromatic carbocycles. The Kier molecular flexibility index (Phi) is 20.2. The Hall–Kier alpha value is -0.320. The minimum atomic E-state index is -0.156. The van der Waals surface area contributed by atoms with Gasteiger partial charge in [-0.15, -0.1) is 8.58 Å². The first-order valence-electron chi connectivity index (χ1n) is 15.3. The molecule has 218 valence electrons. The van der Waals surface area contributed by atoms with Crippen LogP contribution in [0.1, 0.15) is 111 Å². The van der Waals surface area contributed by atoms with E-state index in [0.29, 0.717) is 24.3 Å². The standard InChI is InChI=1S/C30H60N3O2PS/c1-25-13-14-27(15-20-36-4)12-8-6-5-7-9-16-30(3,22-25)17-10-11-18-32-28(34)24-37-21-19-33-29(35)26(2)23-31/h25-27,36H,5-24,31H2,1-4H3,(H,32,34)(H,33,35). The summed E-state index contributed by atoms with van der Waals surface area (Å²) in [5, 5.41) is 5.96. The summed E-state index contributed by atoms with van der Waals surface area (Å²) >= 11 is 1.57. The normalized spacial score (nSPS) is 25.1. The lowest BCUT2D eigenvalue weighted by Crippen LogP contribution is -2.34. The Labute approximate surface area is 235 Å². The van der Waals surface area contributed by atoms with Crippen molar-refractivity contribution in [3.8, 4) is 0 Å². The van der Waals surface area contributed by atoms with Crippen LogP contribution in [0.2, 0.25) is 0 Å². The van der Waals surface area contributed by atoms with Crippen LogP contribution in [0.15, 0.2) is 0 Å². The zero-order valence-electron chi connectivity index (χ0n) is 24.7. The summed E-state index contributed by atoms with van der Waals surface area (Å²) in [5.74, 6) is 2.91. The van der Waals surface area contributed by atoms with Gasteiger partial charge in [-0.25, -0.2) is 0 Å². The monoisotopic (exact) mass is 557 g/mol. The van der Waals surface area contributed by atoms with Gasteiger partial charge in [0.15, 0.2) is 0 Å². The van der Waals surface area contributed by atoms with Crippen molar-refractivity contribution in [3.05, 3.63) is 0 Å². The molecule has 0 aliphatic heterocycles. The molecule has 4 N–H and O–H groups in total. The van der Waals surface area contributed by atoms with E-state index in [-0.39, 0.29) is 17.7 Å². The molecule has 0 saturated heterocycles. The van der Waals surface area contributed by atoms with E-state index in [4.69, 9.17) is 5.73 Å². The van der Waals surface area contributed by atoms with Crippen LogP contribution in [0.3, 0.4) is 0 Å². The molecule has 0 aromatic heterocycles. The topological polar surface area (TPSA) is 84.2 Å². The molecule has 37 heavy (non-hydrogen) atoms. The van der Waals surface area contributed by atoms with Crippen LogP contribution >= 0.6 is 20.3 Å². The lowest BCUT2D eigenvalue weighted by Gasteiger charge is -2.33. The van der Waals surface area contributed by atoms with Crippen molar-refractivity contribution in [2.45, 2.75) is 111 Å². The van der Waals surface area contributed by atoms with E-state index in [1.807, 2.05) is 6.92 Å². The third-order valence-electron chi connectivity index (χ3n) is 8.21. The highest BCUT2D eigenvalue weighted by Gasteiger charge is 2.26. The van der Waals surface area contributed by atoms with Crippen molar-refractivity contribution < 1.29 is 9.59 Å². The zero-order chi connectivity index (χ0) is 27.4. The number of nitrogens with two attached hydrogens (primary N) is 1. The summed E-state index contributed by atoms with van der Waals surface area (Å²) in [5.41, 5.74) is 5.95. The lowest BCUT2D eigenvalue weighted by molar-refractivity contribution is -0.124. The van der Waals surface area contributed by atoms with Crippen LogP contribution < -0.4 is 16.4 Å². The van der Waals surface area contributed by atoms with Crippen LogP contribution in [-0.4, -0.2) is 55.8 Å². The van der Waals surface area contributed by atoms with E-state index >= 15 is 0 Å². The van der Waals surface area contributed by atoms with Gasteiger partial charge in [-0.05, 0) is 62.2 Å². The molecule has 5 atom stereocenters. The molecule has 1 rings (SSSR count). The van der Waals surface area contributed by atoms with Gasteiger partial charge in [-0.2, -0.15) is 11.8 Å². The fourth-order valence-corrected chi connectivity index (χ4v) is 7.11. The number of carbonyl (C=O) groups is 2. The van der Waals surface area contributed by atoms with Crippen molar-refractivity contribution in [3.63, 3.8) is 0 Å². The van der Waals surface area contributed by atoms with Crippen molar-refractivity contribution in [1.29, 1.82) is 0 Å². The number of carbonyl (C=O) groups excluding carboxylic acids is 2. The second-order valence-electron chi connectivity index (χ2n) is 12.0. The third kappa shape index (κ3) is 17.8. The lowest BCUT2D eigenvalue weighted by atomic mass is 9.73. The van der Waals surface area contributed by atoms with E-state index in [1.165, 1.54) is 89.6 Å². The van der Waals surface area contributed by atoms with Gasteiger partial charge in [0.25, 0.3) is 0 Å². The first-order chi connectivity index (χ1) is 17.8. The average molecular weight is 558 g/mol. The molecular formula is C30H60N3O2PS. The first kappa shape index (κ1) is 34.7. The number of amides is 2. The van der Waals surface area contributed by atoms with E-state index in [0.717, 1.165) is 39.1 Å². The molecule has 0 bridgehead atoms. The highest BCUT2D eigenvalue weighted by Crippen LogP contribution is 2.39. The van der Waals surface area contributed by atoms with Crippen molar-refractivity contribution in [2.24, 2.45) is 28.9 Å². The Morgan fingerprint density at radius 2 is 1.81 bits per heavy atom. The highest BCUT2D eigenvalue weighted by molar-refractivity contribution is 7.99. The van der Waals surface area contributed by atoms with Crippen molar-refractivity contribution in [2.75, 3.05) is 44.0 Å². The smallest absolute Gasteiger partial charge is 0.229 e. The van der Waals surface area contributed by atoms with E-state index in [2.05, 4.69) is 31.1 Å². The Balaban J connectivity index is 2.30. The summed E-state index contributed by atoms with van der Waals surface area (Å²) in [6.45, 7) is 10.9. The number of hydrogen-bond acceptors (Lipinski definition) is 4. The summed E-state index contributed by atoms with van der Waals surface area (Å²) in [7, 11) is 1.11. The number of unbranched alkanes of at least 4 members (excludes halogenated alkanes) is 1. The van der Waals surface area contributed by atoms with Crippen molar-refractivity contribution in [1.82, 2.24) is 10.6 Å². The summed E-state index contributed by atoms with van der Waals surface area (Å²) < 4.78 is 0. The maximum absolute atomic E-state index is 12.2. The van der Waals surface area contributed by atoms with Gasteiger partial charge < -0.3 is 16.4 Å². The molecule has 1 aliphatic carbocycles. The minimum absolute atomic E-state index is 0.0101. The second kappa shape index (κ2) is 21.5. The second-order valence-corrected chi connectivity index (χ2v) is 14.4. The van der Waals surface area contributed by atoms with Crippen LogP contribution in [-0.2, 0) is 9.59 Å². The molecule has 1 saturated carbocycles. The summed E-state index contributed by atoms with van der Waals surface area (Å²) in [6.07, 6.45) is 20.5. The summed E-state index contributed by atoms with van der Waals surface area (Å²) in [6, 6.07) is 0. The van der Waals surface area contributed by atoms with Gasteiger partial charge in [-0.3, -0.25) is 9.59 Å². The maximum Gasteiger partial charge on any atom is 0.229 e. The zero-order valence-corrected chi connectivity index (χ0v) is 26.5. The van der Waals surface area contributed by atoms with Gasteiger partial charge in [-0.1, -0.05) is 78.6 Å². The molecule has 5 unspecified atom stereocenters. The number of nitrogens with one attached hydrogen (secondary N) is 2. The Bertz CT molecular complexity index is 609. The van der Waals surface area contributed by atoms with Gasteiger partial charge in [0.1, 0.15) is 0 Å². The van der Waals surface area contributed by atoms with Crippen LogP contribution in [0.25, 0.3) is 0 Å². The van der Waals surface area contributed by atoms with Crippen molar-refractivity contribution >= 4 is 32.2 Å². The molecule has 5 nitrogen and oxygen atoms in total. The number of thioether (sulfide) groups is 1. The number of hydrogen-bond donors (Lipinski definition) is 3. The van der Waals surface area contributed by atoms with Gasteiger partial charge in [0.05, 0.1) is 5.75 Å². The largest absolute Gasteiger partial charge is 0.355 e. The van der Waals surface area contributed by atoms with E-state index in [9.17, 15) is 9.59 Å². The molecule has 1 aliphatic rings. The Morgan fingerprint density at radius 1 is 1.05 bits per heavy atom. The average Bonchev–Trinajstić information content (AvgIpc) is 2.88. The maximum atomic E-state index is 12.2. The first-order valence-corrected chi connectivity index (χ1v) is 18.1. The molecule has 0 heterocycles. The molecule has 0 aromatic rings. The highest BCUT2D eigenvalue weighted by atomic mass is 32.2. The fourth-order valence-electron chi connectivity index (χ4n) is 5.74.